The summed E-state index contributed by atoms with van der Waals surface area (Å²) >= 11 is 1.75. The van der Waals surface area contributed by atoms with Crippen molar-refractivity contribution in [3.63, 3.8) is 0 Å². The summed E-state index contributed by atoms with van der Waals surface area (Å²) in [5.74, 6) is 0. The molecule has 0 atom stereocenters. The lowest BCUT2D eigenvalue weighted by Gasteiger charge is -2.28. The van der Waals surface area contributed by atoms with Crippen LogP contribution >= 0.6 is 11.3 Å². The minimum absolute atomic E-state index is 0.0377. The third-order valence-corrected chi connectivity index (χ3v) is 4.09. The monoisotopic (exact) mass is 225 g/mol. The summed E-state index contributed by atoms with van der Waals surface area (Å²) in [7, 11) is 0. The van der Waals surface area contributed by atoms with Gasteiger partial charge >= 0.3 is 0 Å². The van der Waals surface area contributed by atoms with Gasteiger partial charge in [0.2, 0.25) is 0 Å². The average molecular weight is 225 g/mol. The Balaban J connectivity index is 1.77. The lowest BCUT2D eigenvalue weighted by atomic mass is 9.98. The summed E-state index contributed by atoms with van der Waals surface area (Å²) in [6.45, 7) is 1.27. The molecule has 84 valence electrons. The zero-order valence-corrected chi connectivity index (χ0v) is 9.85. The Hall–Kier alpha value is -0.380. The van der Waals surface area contributed by atoms with E-state index in [9.17, 15) is 5.11 Å². The second-order valence-corrected chi connectivity index (χ2v) is 5.23. The first-order chi connectivity index (χ1) is 7.35. The normalized spacial score (nSPS) is 19.5. The summed E-state index contributed by atoms with van der Waals surface area (Å²) in [6.07, 6.45) is 5.85. The molecule has 0 aromatic carbocycles. The van der Waals surface area contributed by atoms with Gasteiger partial charge in [0.05, 0.1) is 6.61 Å². The van der Waals surface area contributed by atoms with Gasteiger partial charge in [0, 0.05) is 5.54 Å². The first kappa shape index (κ1) is 11.1. The van der Waals surface area contributed by atoms with E-state index in [4.69, 9.17) is 0 Å². The summed E-state index contributed by atoms with van der Waals surface area (Å²) in [5, 5.41) is 17.3. The number of rotatable bonds is 5. The van der Waals surface area contributed by atoms with Gasteiger partial charge in [-0.1, -0.05) is 12.8 Å². The SMILES string of the molecule is OCC1(NCCc2ccsc2)CCCC1. The molecule has 15 heavy (non-hydrogen) atoms. The maximum absolute atomic E-state index is 9.41. The lowest BCUT2D eigenvalue weighted by molar-refractivity contribution is 0.165. The van der Waals surface area contributed by atoms with Crippen molar-refractivity contribution in [3.8, 4) is 0 Å². The maximum Gasteiger partial charge on any atom is 0.0613 e. The van der Waals surface area contributed by atoms with Gasteiger partial charge in [-0.05, 0) is 48.2 Å². The van der Waals surface area contributed by atoms with Gasteiger partial charge < -0.3 is 10.4 Å². The van der Waals surface area contributed by atoms with Crippen molar-refractivity contribution in [2.24, 2.45) is 0 Å². The zero-order valence-electron chi connectivity index (χ0n) is 9.04. The quantitative estimate of drug-likeness (QED) is 0.805. The number of hydrogen-bond acceptors (Lipinski definition) is 3. The van der Waals surface area contributed by atoms with Gasteiger partial charge in [0.25, 0.3) is 0 Å². The first-order valence-corrected chi connectivity index (χ1v) is 6.66. The number of nitrogens with one attached hydrogen (secondary N) is 1. The van der Waals surface area contributed by atoms with Crippen LogP contribution in [0.25, 0.3) is 0 Å². The molecule has 0 spiro atoms. The van der Waals surface area contributed by atoms with Crippen molar-refractivity contribution >= 4 is 11.3 Å². The van der Waals surface area contributed by atoms with Crippen LogP contribution in [0.2, 0.25) is 0 Å². The average Bonchev–Trinajstić information content (AvgIpc) is 2.89. The van der Waals surface area contributed by atoms with Crippen LogP contribution < -0.4 is 5.32 Å². The molecular formula is C12H19NOS. The van der Waals surface area contributed by atoms with Crippen molar-refractivity contribution < 1.29 is 5.11 Å². The molecule has 0 bridgehead atoms. The highest BCUT2D eigenvalue weighted by Gasteiger charge is 2.31. The highest BCUT2D eigenvalue weighted by Crippen LogP contribution is 2.28. The van der Waals surface area contributed by atoms with Gasteiger partial charge in [-0.15, -0.1) is 0 Å². The van der Waals surface area contributed by atoms with E-state index in [1.807, 2.05) is 0 Å². The Kier molecular flexibility index (Phi) is 3.78. The van der Waals surface area contributed by atoms with E-state index in [0.717, 1.165) is 25.8 Å². The Morgan fingerprint density at radius 3 is 2.80 bits per heavy atom. The van der Waals surface area contributed by atoms with Crippen molar-refractivity contribution in [3.05, 3.63) is 22.4 Å². The summed E-state index contributed by atoms with van der Waals surface area (Å²) < 4.78 is 0. The third-order valence-electron chi connectivity index (χ3n) is 3.36. The molecule has 1 aromatic heterocycles. The molecule has 0 unspecified atom stereocenters. The number of hydrogen-bond donors (Lipinski definition) is 2. The van der Waals surface area contributed by atoms with Gasteiger partial charge in [0.1, 0.15) is 0 Å². The molecule has 2 N–H and O–H groups in total. The molecule has 0 amide bonds. The van der Waals surface area contributed by atoms with E-state index in [2.05, 4.69) is 22.1 Å². The summed E-state index contributed by atoms with van der Waals surface area (Å²) in [5.41, 5.74) is 1.44. The van der Waals surface area contributed by atoms with Crippen LogP contribution in [0.1, 0.15) is 31.2 Å². The highest BCUT2D eigenvalue weighted by molar-refractivity contribution is 7.07. The van der Waals surface area contributed by atoms with Crippen LogP contribution in [-0.4, -0.2) is 23.8 Å². The molecule has 1 heterocycles. The molecule has 1 saturated carbocycles. The molecule has 0 aliphatic heterocycles. The number of thiophene rings is 1. The smallest absolute Gasteiger partial charge is 0.0613 e. The van der Waals surface area contributed by atoms with Crippen LogP contribution in [0.15, 0.2) is 16.8 Å². The Morgan fingerprint density at radius 1 is 1.40 bits per heavy atom. The molecule has 0 saturated heterocycles. The van der Waals surface area contributed by atoms with Crippen LogP contribution in [-0.2, 0) is 6.42 Å². The maximum atomic E-state index is 9.41. The van der Waals surface area contributed by atoms with E-state index < -0.39 is 0 Å². The zero-order chi connectivity index (χ0) is 10.6. The molecule has 1 aliphatic carbocycles. The van der Waals surface area contributed by atoms with Crippen molar-refractivity contribution in [1.82, 2.24) is 5.32 Å². The van der Waals surface area contributed by atoms with Crippen LogP contribution in [0.4, 0.5) is 0 Å². The fraction of sp³-hybridized carbons (Fsp3) is 0.667. The summed E-state index contributed by atoms with van der Waals surface area (Å²) in [4.78, 5) is 0. The number of aliphatic hydroxyl groups is 1. The van der Waals surface area contributed by atoms with Crippen molar-refractivity contribution in [2.45, 2.75) is 37.6 Å². The van der Waals surface area contributed by atoms with Gasteiger partial charge in [-0.25, -0.2) is 0 Å². The largest absolute Gasteiger partial charge is 0.394 e. The second kappa shape index (κ2) is 5.10. The van der Waals surface area contributed by atoms with Crippen LogP contribution in [0.5, 0.6) is 0 Å². The highest BCUT2D eigenvalue weighted by atomic mass is 32.1. The molecule has 2 rings (SSSR count). The van der Waals surface area contributed by atoms with Crippen molar-refractivity contribution in [1.29, 1.82) is 0 Å². The minimum atomic E-state index is 0.0377. The predicted octanol–water partition coefficient (Wildman–Crippen LogP) is 2.19. The Bertz CT molecular complexity index is 278. The van der Waals surface area contributed by atoms with E-state index in [1.165, 1.54) is 18.4 Å². The molecular weight excluding hydrogens is 206 g/mol. The van der Waals surface area contributed by atoms with E-state index in [1.54, 1.807) is 11.3 Å². The third kappa shape index (κ3) is 2.80. The fourth-order valence-corrected chi connectivity index (χ4v) is 3.05. The number of aliphatic hydroxyl groups excluding tert-OH is 1. The van der Waals surface area contributed by atoms with E-state index in [-0.39, 0.29) is 12.1 Å². The predicted molar refractivity (Wildman–Crippen MR) is 64.3 cm³/mol. The minimum Gasteiger partial charge on any atom is -0.394 e. The molecule has 1 aromatic rings. The fourth-order valence-electron chi connectivity index (χ4n) is 2.35. The standard InChI is InChI=1S/C12H19NOS/c14-10-12(5-1-2-6-12)13-7-3-11-4-8-15-9-11/h4,8-9,13-14H,1-3,5-7,10H2. The topological polar surface area (TPSA) is 32.3 Å². The van der Waals surface area contributed by atoms with Gasteiger partial charge in [0.15, 0.2) is 0 Å². The Labute approximate surface area is 95.3 Å². The summed E-state index contributed by atoms with van der Waals surface area (Å²) in [6, 6.07) is 2.17. The molecule has 1 aliphatic rings. The second-order valence-electron chi connectivity index (χ2n) is 4.45. The van der Waals surface area contributed by atoms with E-state index in [0.29, 0.717) is 0 Å². The van der Waals surface area contributed by atoms with Crippen molar-refractivity contribution in [2.75, 3.05) is 13.2 Å². The van der Waals surface area contributed by atoms with Gasteiger partial charge in [-0.3, -0.25) is 0 Å². The van der Waals surface area contributed by atoms with Crippen LogP contribution in [0, 0.1) is 0 Å². The van der Waals surface area contributed by atoms with Crippen LogP contribution in [0.3, 0.4) is 0 Å². The molecule has 3 heteroatoms. The van der Waals surface area contributed by atoms with Gasteiger partial charge in [-0.2, -0.15) is 11.3 Å². The Morgan fingerprint density at radius 2 is 2.20 bits per heavy atom. The lowest BCUT2D eigenvalue weighted by Crippen LogP contribution is -2.46. The molecule has 1 fully saturated rings. The first-order valence-electron chi connectivity index (χ1n) is 5.72. The van der Waals surface area contributed by atoms with E-state index >= 15 is 0 Å². The molecule has 0 radical (unpaired) electrons. The molecule has 2 nitrogen and oxygen atoms in total.